The van der Waals surface area contributed by atoms with Crippen LogP contribution in [0.15, 0.2) is 24.3 Å². The molecule has 1 saturated heterocycles. The van der Waals surface area contributed by atoms with E-state index in [2.05, 4.69) is 0 Å². The quantitative estimate of drug-likeness (QED) is 0.300. The molecular weight excluding hydrogens is 348 g/mol. The number of nitrogens with zero attached hydrogens (tertiary/aromatic N) is 2. The van der Waals surface area contributed by atoms with Crippen LogP contribution in [0, 0.1) is 15.5 Å². The van der Waals surface area contributed by atoms with E-state index in [0.717, 1.165) is 44.1 Å². The molecule has 7 heteroatoms. The van der Waals surface area contributed by atoms with Crippen LogP contribution in [-0.4, -0.2) is 34.8 Å². The van der Waals surface area contributed by atoms with Gasteiger partial charge in [-0.15, -0.1) is 0 Å². The molecule has 1 spiro atoms. The highest BCUT2D eigenvalue weighted by Gasteiger charge is 2.44. The van der Waals surface area contributed by atoms with E-state index >= 15 is 0 Å². The molecule has 1 aromatic rings. The molecule has 0 bridgehead atoms. The minimum atomic E-state index is -0.428. The lowest BCUT2D eigenvalue weighted by Gasteiger charge is -2.37. The molecule has 1 aliphatic heterocycles. The monoisotopic (exact) mass is 374 g/mol. The molecule has 0 radical (unpaired) electrons. The van der Waals surface area contributed by atoms with E-state index < -0.39 is 4.92 Å². The second-order valence-corrected chi connectivity index (χ2v) is 7.68. The van der Waals surface area contributed by atoms with Gasteiger partial charge in [-0.3, -0.25) is 24.6 Å². The summed E-state index contributed by atoms with van der Waals surface area (Å²) in [5.74, 6) is -0.0279. The Bertz CT molecular complexity index is 675. The molecule has 0 atom stereocenters. The van der Waals surface area contributed by atoms with Gasteiger partial charge in [0.2, 0.25) is 11.8 Å². The molecule has 0 N–H and O–H groups in total. The fourth-order valence-electron chi connectivity index (χ4n) is 4.14. The molecule has 0 unspecified atom stereocenters. The maximum atomic E-state index is 12.4. The Hall–Kier alpha value is -2.28. The molecule has 2 amide bonds. The van der Waals surface area contributed by atoms with Gasteiger partial charge in [-0.2, -0.15) is 0 Å². The third-order valence-corrected chi connectivity index (χ3v) is 5.66. The minimum Gasteiger partial charge on any atom is -0.377 e. The summed E-state index contributed by atoms with van der Waals surface area (Å²) in [4.78, 5) is 36.4. The van der Waals surface area contributed by atoms with Crippen molar-refractivity contribution < 1.29 is 19.2 Å². The van der Waals surface area contributed by atoms with Crippen molar-refractivity contribution in [3.05, 3.63) is 39.9 Å². The van der Waals surface area contributed by atoms with Gasteiger partial charge in [0.15, 0.2) is 0 Å². The predicted octanol–water partition coefficient (Wildman–Crippen LogP) is 3.60. The second kappa shape index (κ2) is 8.61. The van der Waals surface area contributed by atoms with Crippen molar-refractivity contribution in [2.45, 2.75) is 58.0 Å². The van der Waals surface area contributed by atoms with Crippen molar-refractivity contribution in [3.8, 4) is 0 Å². The van der Waals surface area contributed by atoms with Crippen LogP contribution >= 0.6 is 0 Å². The first-order chi connectivity index (χ1) is 13.0. The maximum Gasteiger partial charge on any atom is 0.269 e. The lowest BCUT2D eigenvalue weighted by Crippen LogP contribution is -2.47. The molecule has 3 rings (SSSR count). The van der Waals surface area contributed by atoms with E-state index in [0.29, 0.717) is 32.6 Å². The summed E-state index contributed by atoms with van der Waals surface area (Å²) in [6.45, 7) is 1.38. The van der Waals surface area contributed by atoms with E-state index in [4.69, 9.17) is 4.74 Å². The normalized spacial score (nSPS) is 19.0. The van der Waals surface area contributed by atoms with Crippen LogP contribution in [0.5, 0.6) is 0 Å². The number of rotatable bonds is 8. The first kappa shape index (κ1) is 19.5. The number of ether oxygens (including phenoxy) is 1. The van der Waals surface area contributed by atoms with E-state index in [1.54, 1.807) is 12.1 Å². The van der Waals surface area contributed by atoms with Crippen molar-refractivity contribution >= 4 is 17.5 Å². The van der Waals surface area contributed by atoms with Crippen LogP contribution in [0.1, 0.15) is 56.9 Å². The molecule has 1 aromatic carbocycles. The topological polar surface area (TPSA) is 89.8 Å². The van der Waals surface area contributed by atoms with Gasteiger partial charge in [-0.05, 0) is 48.8 Å². The van der Waals surface area contributed by atoms with Crippen molar-refractivity contribution in [2.24, 2.45) is 5.41 Å². The molecule has 0 aromatic heterocycles. The van der Waals surface area contributed by atoms with Gasteiger partial charge in [0.05, 0.1) is 11.5 Å². The van der Waals surface area contributed by atoms with Gasteiger partial charge in [0.25, 0.3) is 5.69 Å². The number of hydrogen-bond donors (Lipinski definition) is 0. The number of unbranched alkanes of at least 4 members (excludes halogenated alkanes) is 1. The number of benzene rings is 1. The van der Waals surface area contributed by atoms with E-state index in [1.165, 1.54) is 17.0 Å². The van der Waals surface area contributed by atoms with Crippen molar-refractivity contribution in [1.82, 2.24) is 4.90 Å². The predicted molar refractivity (Wildman–Crippen MR) is 98.8 cm³/mol. The molecule has 2 fully saturated rings. The molecule has 1 heterocycles. The fourth-order valence-corrected chi connectivity index (χ4v) is 4.14. The Balaban J connectivity index is 1.33. The summed E-state index contributed by atoms with van der Waals surface area (Å²) in [7, 11) is 0. The average molecular weight is 374 g/mol. The number of carbonyl (C=O) groups is 2. The van der Waals surface area contributed by atoms with Crippen molar-refractivity contribution in [1.29, 1.82) is 0 Å². The SMILES string of the molecule is O=C1CC2(CCCC2)CC(=O)N1CCCCOCc1ccc([N+](=O)[O-])cc1. The molecule has 27 heavy (non-hydrogen) atoms. The lowest BCUT2D eigenvalue weighted by atomic mass is 9.76. The summed E-state index contributed by atoms with van der Waals surface area (Å²) < 4.78 is 5.58. The van der Waals surface area contributed by atoms with Gasteiger partial charge in [0.1, 0.15) is 0 Å². The number of nitro groups is 1. The zero-order valence-electron chi connectivity index (χ0n) is 15.5. The second-order valence-electron chi connectivity index (χ2n) is 7.68. The number of likely N-dealkylation sites (tertiary alicyclic amines) is 1. The lowest BCUT2D eigenvalue weighted by molar-refractivity contribution is -0.384. The third kappa shape index (κ3) is 4.91. The summed E-state index contributed by atoms with van der Waals surface area (Å²) in [5, 5.41) is 10.6. The molecular formula is C20H26N2O5. The van der Waals surface area contributed by atoms with Gasteiger partial charge in [-0.1, -0.05) is 12.8 Å². The number of carbonyl (C=O) groups excluding carboxylic acids is 2. The van der Waals surface area contributed by atoms with Crippen LogP contribution in [0.3, 0.4) is 0 Å². The summed E-state index contributed by atoms with van der Waals surface area (Å²) in [5.41, 5.74) is 0.899. The van der Waals surface area contributed by atoms with Crippen LogP contribution in [0.25, 0.3) is 0 Å². The third-order valence-electron chi connectivity index (χ3n) is 5.66. The standard InChI is InChI=1S/C20H26N2O5/c23-18-13-20(9-1-2-10-20)14-19(24)21(18)11-3-4-12-27-15-16-5-7-17(8-6-16)22(25)26/h5-8H,1-4,9-15H2. The molecule has 1 saturated carbocycles. The van der Waals surface area contributed by atoms with Crippen LogP contribution < -0.4 is 0 Å². The Morgan fingerprint density at radius 1 is 1.04 bits per heavy atom. The van der Waals surface area contributed by atoms with Gasteiger partial charge in [-0.25, -0.2) is 0 Å². The Morgan fingerprint density at radius 3 is 2.26 bits per heavy atom. The van der Waals surface area contributed by atoms with Crippen molar-refractivity contribution in [2.75, 3.05) is 13.2 Å². The van der Waals surface area contributed by atoms with E-state index in [1.807, 2.05) is 0 Å². The zero-order chi connectivity index (χ0) is 19.3. The fraction of sp³-hybridized carbons (Fsp3) is 0.600. The maximum absolute atomic E-state index is 12.4. The largest absolute Gasteiger partial charge is 0.377 e. The van der Waals surface area contributed by atoms with Crippen LogP contribution in [-0.2, 0) is 20.9 Å². The van der Waals surface area contributed by atoms with Crippen molar-refractivity contribution in [3.63, 3.8) is 0 Å². The smallest absolute Gasteiger partial charge is 0.269 e. The highest BCUT2D eigenvalue weighted by atomic mass is 16.6. The first-order valence-electron chi connectivity index (χ1n) is 9.63. The molecule has 7 nitrogen and oxygen atoms in total. The Morgan fingerprint density at radius 2 is 1.67 bits per heavy atom. The number of nitro benzene ring substituents is 1. The van der Waals surface area contributed by atoms with Crippen LogP contribution in [0.4, 0.5) is 5.69 Å². The molecule has 2 aliphatic rings. The Kier molecular flexibility index (Phi) is 6.21. The van der Waals surface area contributed by atoms with Gasteiger partial charge < -0.3 is 4.74 Å². The van der Waals surface area contributed by atoms with Gasteiger partial charge >= 0.3 is 0 Å². The average Bonchev–Trinajstić information content (AvgIpc) is 3.07. The van der Waals surface area contributed by atoms with E-state index in [-0.39, 0.29) is 22.9 Å². The highest BCUT2D eigenvalue weighted by Crippen LogP contribution is 2.46. The Labute approximate surface area is 158 Å². The summed E-state index contributed by atoms with van der Waals surface area (Å²) >= 11 is 0. The molecule has 146 valence electrons. The number of imide groups is 1. The first-order valence-corrected chi connectivity index (χ1v) is 9.63. The summed E-state index contributed by atoms with van der Waals surface area (Å²) in [6.07, 6.45) is 6.81. The van der Waals surface area contributed by atoms with Crippen LogP contribution in [0.2, 0.25) is 0 Å². The highest BCUT2D eigenvalue weighted by molar-refractivity contribution is 5.98. The zero-order valence-corrected chi connectivity index (χ0v) is 15.5. The number of non-ortho nitro benzene ring substituents is 1. The summed E-state index contributed by atoms with van der Waals surface area (Å²) in [6, 6.07) is 6.29. The number of piperidine rings is 1. The minimum absolute atomic E-state index is 0.0139. The van der Waals surface area contributed by atoms with E-state index in [9.17, 15) is 19.7 Å². The van der Waals surface area contributed by atoms with Gasteiger partial charge in [0, 0.05) is 38.1 Å². The molecule has 1 aliphatic carbocycles. The number of hydrogen-bond acceptors (Lipinski definition) is 5. The number of amides is 2.